The quantitative estimate of drug-likeness (QED) is 0.616. The molecule has 3 atom stereocenters. The second-order valence-corrected chi connectivity index (χ2v) is 10.7. The third-order valence-electron chi connectivity index (χ3n) is 8.28. The normalized spacial score (nSPS) is 32.2. The molecule has 1 heterocycles. The van der Waals surface area contributed by atoms with Crippen LogP contribution >= 0.6 is 0 Å². The van der Waals surface area contributed by atoms with Crippen molar-refractivity contribution in [2.24, 2.45) is 22.7 Å². The van der Waals surface area contributed by atoms with Crippen molar-refractivity contribution < 1.29 is 24.2 Å². The predicted octanol–water partition coefficient (Wildman–Crippen LogP) is 4.07. The Kier molecular flexibility index (Phi) is 5.53. The van der Waals surface area contributed by atoms with Crippen LogP contribution in [0, 0.1) is 22.7 Å². The second-order valence-electron chi connectivity index (χ2n) is 10.7. The summed E-state index contributed by atoms with van der Waals surface area (Å²) in [6.07, 6.45) is 11.0. The van der Waals surface area contributed by atoms with Crippen molar-refractivity contribution in [3.63, 3.8) is 0 Å². The second kappa shape index (κ2) is 8.29. The van der Waals surface area contributed by atoms with Crippen molar-refractivity contribution in [2.45, 2.75) is 51.5 Å². The highest BCUT2D eigenvalue weighted by Gasteiger charge is 2.64. The molecule has 7 nitrogen and oxygen atoms in total. The number of carbonyl (C=O) groups excluding carboxylic acids is 2. The van der Waals surface area contributed by atoms with Gasteiger partial charge >= 0.3 is 11.9 Å². The van der Waals surface area contributed by atoms with Crippen LogP contribution in [-0.4, -0.2) is 47.5 Å². The van der Waals surface area contributed by atoms with E-state index in [1.165, 1.54) is 7.11 Å². The summed E-state index contributed by atoms with van der Waals surface area (Å²) < 4.78 is 5.22. The van der Waals surface area contributed by atoms with Gasteiger partial charge < -0.3 is 20.1 Å². The highest BCUT2D eigenvalue weighted by molar-refractivity contribution is 5.93. The number of benzene rings is 1. The molecule has 4 saturated carbocycles. The standard InChI is InChI=1S/C27H32N2O5/c1-17(23(30)31)28-21-8-6-20(7-9-21)22-5-3-4-10-29(22)24(32)26-12-18-11-19(13-26)15-27(14-18,16-26)25(33)34-2/h3-9,17-19,28H,10-16H2,1-2H3,(H,30,31)/t17-,18?,19?,26?,27?/m0/s1. The summed E-state index contributed by atoms with van der Waals surface area (Å²) in [7, 11) is 1.46. The van der Waals surface area contributed by atoms with E-state index in [4.69, 9.17) is 9.84 Å². The fourth-order valence-corrected chi connectivity index (χ4v) is 7.26. The van der Waals surface area contributed by atoms with Gasteiger partial charge in [-0.05, 0) is 81.1 Å². The van der Waals surface area contributed by atoms with Crippen molar-refractivity contribution in [1.82, 2.24) is 4.90 Å². The van der Waals surface area contributed by atoms with Gasteiger partial charge in [-0.25, -0.2) is 0 Å². The van der Waals surface area contributed by atoms with E-state index < -0.39 is 22.8 Å². The first-order valence-corrected chi connectivity index (χ1v) is 12.1. The van der Waals surface area contributed by atoms with E-state index in [0.29, 0.717) is 30.5 Å². The third kappa shape index (κ3) is 3.71. The fraction of sp³-hybridized carbons (Fsp3) is 0.519. The molecule has 1 aliphatic heterocycles. The smallest absolute Gasteiger partial charge is 0.325 e. The lowest BCUT2D eigenvalue weighted by atomic mass is 9.44. The van der Waals surface area contributed by atoms with Crippen LogP contribution in [0.3, 0.4) is 0 Å². The van der Waals surface area contributed by atoms with Crippen LogP contribution in [0.25, 0.3) is 5.70 Å². The number of ether oxygens (including phenoxy) is 1. The fourth-order valence-electron chi connectivity index (χ4n) is 7.26. The maximum atomic E-state index is 14.2. The molecule has 1 aromatic rings. The molecular weight excluding hydrogens is 432 g/mol. The topological polar surface area (TPSA) is 95.9 Å². The Morgan fingerprint density at radius 3 is 2.35 bits per heavy atom. The highest BCUT2D eigenvalue weighted by Crippen LogP contribution is 2.66. The maximum Gasteiger partial charge on any atom is 0.325 e. The Labute approximate surface area is 199 Å². The summed E-state index contributed by atoms with van der Waals surface area (Å²) in [5.74, 6) is -0.141. The molecule has 1 amide bonds. The first-order chi connectivity index (χ1) is 16.2. The van der Waals surface area contributed by atoms with Gasteiger partial charge in [0.15, 0.2) is 0 Å². The minimum absolute atomic E-state index is 0.118. The number of carboxylic acids is 1. The number of allylic oxidation sites excluding steroid dienone is 2. The molecule has 4 fully saturated rings. The van der Waals surface area contributed by atoms with E-state index in [0.717, 1.165) is 43.4 Å². The zero-order chi connectivity index (χ0) is 24.1. The van der Waals surface area contributed by atoms with E-state index in [-0.39, 0.29) is 11.9 Å². The molecule has 6 rings (SSSR count). The third-order valence-corrected chi connectivity index (χ3v) is 8.28. The van der Waals surface area contributed by atoms with E-state index in [1.807, 2.05) is 47.4 Å². The summed E-state index contributed by atoms with van der Waals surface area (Å²) >= 11 is 0. The van der Waals surface area contributed by atoms with E-state index in [9.17, 15) is 14.4 Å². The van der Waals surface area contributed by atoms with Crippen molar-refractivity contribution in [1.29, 1.82) is 0 Å². The molecule has 4 aliphatic carbocycles. The number of nitrogens with zero attached hydrogens (tertiary/aromatic N) is 1. The van der Waals surface area contributed by atoms with Crippen molar-refractivity contribution in [3.05, 3.63) is 48.1 Å². The van der Waals surface area contributed by atoms with Gasteiger partial charge in [-0.2, -0.15) is 0 Å². The minimum Gasteiger partial charge on any atom is -0.480 e. The van der Waals surface area contributed by atoms with Crippen molar-refractivity contribution >= 4 is 29.2 Å². The molecule has 0 aromatic heterocycles. The number of anilines is 1. The lowest BCUT2D eigenvalue weighted by Gasteiger charge is -2.60. The van der Waals surface area contributed by atoms with Gasteiger partial charge in [0.25, 0.3) is 0 Å². The molecule has 34 heavy (non-hydrogen) atoms. The number of hydrogen-bond donors (Lipinski definition) is 2. The number of methoxy groups -OCH3 is 1. The summed E-state index contributed by atoms with van der Waals surface area (Å²) in [4.78, 5) is 40.0. The number of nitrogens with one attached hydrogen (secondary N) is 1. The average molecular weight is 465 g/mol. The largest absolute Gasteiger partial charge is 0.480 e. The number of amides is 1. The summed E-state index contributed by atoms with van der Waals surface area (Å²) in [6, 6.07) is 6.82. The molecule has 0 saturated heterocycles. The van der Waals surface area contributed by atoms with Gasteiger partial charge in [-0.15, -0.1) is 0 Å². The Morgan fingerprint density at radius 1 is 1.09 bits per heavy atom. The molecule has 7 heteroatoms. The molecule has 2 unspecified atom stereocenters. The van der Waals surface area contributed by atoms with E-state index in [1.54, 1.807) is 6.92 Å². The van der Waals surface area contributed by atoms with Gasteiger partial charge in [0, 0.05) is 12.2 Å². The Morgan fingerprint density at radius 2 is 1.74 bits per heavy atom. The number of esters is 1. The molecule has 4 bridgehead atoms. The van der Waals surface area contributed by atoms with Crippen LogP contribution in [0.2, 0.25) is 0 Å². The number of hydrogen-bond acceptors (Lipinski definition) is 5. The first-order valence-electron chi connectivity index (χ1n) is 12.1. The molecule has 1 aromatic carbocycles. The van der Waals surface area contributed by atoms with Crippen LogP contribution in [0.15, 0.2) is 42.5 Å². The van der Waals surface area contributed by atoms with Gasteiger partial charge in [-0.1, -0.05) is 24.3 Å². The number of carboxylic acid groups (broad SMARTS) is 1. The van der Waals surface area contributed by atoms with Crippen LogP contribution < -0.4 is 5.32 Å². The van der Waals surface area contributed by atoms with Gasteiger partial charge in [0.1, 0.15) is 6.04 Å². The summed E-state index contributed by atoms with van der Waals surface area (Å²) in [5, 5.41) is 12.1. The number of aliphatic carboxylic acids is 1. The number of rotatable bonds is 6. The monoisotopic (exact) mass is 464 g/mol. The molecule has 0 spiro atoms. The van der Waals surface area contributed by atoms with Gasteiger partial charge in [0.05, 0.1) is 23.6 Å². The Bertz CT molecular complexity index is 1060. The number of carbonyl (C=O) groups is 3. The van der Waals surface area contributed by atoms with Gasteiger partial charge in [-0.3, -0.25) is 14.4 Å². The predicted molar refractivity (Wildman–Crippen MR) is 128 cm³/mol. The lowest BCUT2D eigenvalue weighted by Crippen LogP contribution is -2.60. The van der Waals surface area contributed by atoms with Crippen molar-refractivity contribution in [2.75, 3.05) is 19.0 Å². The molecule has 2 N–H and O–H groups in total. The first kappa shape index (κ1) is 22.7. The molecular formula is C27H32N2O5. The SMILES string of the molecule is COC(=O)C12CC3CC(C1)CC(C(=O)N1CC=CC=C1c1ccc(N[C@@H](C)C(=O)O)cc1)(C3)C2. The maximum absolute atomic E-state index is 14.2. The average Bonchev–Trinajstić information content (AvgIpc) is 2.82. The van der Waals surface area contributed by atoms with Crippen LogP contribution in [0.4, 0.5) is 5.69 Å². The van der Waals surface area contributed by atoms with Crippen LogP contribution in [0.5, 0.6) is 0 Å². The van der Waals surface area contributed by atoms with E-state index in [2.05, 4.69) is 5.32 Å². The van der Waals surface area contributed by atoms with Crippen LogP contribution in [0.1, 0.15) is 51.0 Å². The Hall–Kier alpha value is -3.09. The van der Waals surface area contributed by atoms with Crippen LogP contribution in [-0.2, 0) is 19.1 Å². The van der Waals surface area contributed by atoms with Gasteiger partial charge in [0.2, 0.25) is 5.91 Å². The molecule has 5 aliphatic rings. The molecule has 180 valence electrons. The van der Waals surface area contributed by atoms with Crippen molar-refractivity contribution in [3.8, 4) is 0 Å². The Balaban J connectivity index is 1.41. The summed E-state index contributed by atoms with van der Waals surface area (Å²) in [6.45, 7) is 2.10. The highest BCUT2D eigenvalue weighted by atomic mass is 16.5. The van der Waals surface area contributed by atoms with E-state index >= 15 is 0 Å². The lowest BCUT2D eigenvalue weighted by molar-refractivity contribution is -0.184. The minimum atomic E-state index is -0.915. The zero-order valence-corrected chi connectivity index (χ0v) is 19.8. The summed E-state index contributed by atoms with van der Waals surface area (Å²) in [5.41, 5.74) is 1.43. The molecule has 0 radical (unpaired) electrons. The zero-order valence-electron chi connectivity index (χ0n) is 19.8.